The second-order valence-electron chi connectivity index (χ2n) is 8.85. The summed E-state index contributed by atoms with van der Waals surface area (Å²) in [5.74, 6) is 0.703. The lowest BCUT2D eigenvalue weighted by Crippen LogP contribution is -2.47. The maximum Gasteiger partial charge on any atom is 0.101 e. The Morgan fingerprint density at radius 3 is 1.62 bits per heavy atom. The lowest BCUT2D eigenvalue weighted by Gasteiger charge is -2.44. The van der Waals surface area contributed by atoms with Crippen molar-refractivity contribution in [2.24, 2.45) is 11.8 Å². The number of hydrogen-bond acceptors (Lipinski definition) is 4. The zero-order valence-corrected chi connectivity index (χ0v) is 15.3. The van der Waals surface area contributed by atoms with Crippen molar-refractivity contribution < 1.29 is 19.6 Å². The number of rotatable bonds is 4. The van der Waals surface area contributed by atoms with Crippen molar-refractivity contribution in [3.8, 4) is 0 Å². The molecule has 0 radical (unpaired) electrons. The molecule has 2 atom stereocenters. The monoisotopic (exact) mass is 302 g/mol. The summed E-state index contributed by atoms with van der Waals surface area (Å²) in [5.41, 5.74) is -0.849. The minimum absolute atomic E-state index is 0.0931. The van der Waals surface area contributed by atoms with Crippen LogP contribution in [-0.4, -0.2) is 22.9 Å². The molecule has 2 unspecified atom stereocenters. The van der Waals surface area contributed by atoms with Crippen LogP contribution in [0.4, 0.5) is 0 Å². The maximum absolute atomic E-state index is 5.77. The fourth-order valence-corrected chi connectivity index (χ4v) is 2.92. The van der Waals surface area contributed by atoms with Gasteiger partial charge in [-0.15, -0.1) is 0 Å². The van der Waals surface area contributed by atoms with Gasteiger partial charge in [0.1, 0.15) is 5.60 Å². The molecule has 0 aromatic carbocycles. The highest BCUT2D eigenvalue weighted by Crippen LogP contribution is 2.41. The van der Waals surface area contributed by atoms with Crippen molar-refractivity contribution in [1.82, 2.24) is 0 Å². The molecule has 4 nitrogen and oxygen atoms in total. The first-order valence-electron chi connectivity index (χ1n) is 8.03. The van der Waals surface area contributed by atoms with Crippen LogP contribution in [0.3, 0.4) is 0 Å². The molecule has 1 rings (SSSR count). The van der Waals surface area contributed by atoms with Gasteiger partial charge in [-0.3, -0.25) is 0 Å². The fourth-order valence-electron chi connectivity index (χ4n) is 2.92. The van der Waals surface area contributed by atoms with Gasteiger partial charge in [-0.05, 0) is 73.1 Å². The topological polar surface area (TPSA) is 36.9 Å². The van der Waals surface area contributed by atoms with Crippen LogP contribution in [0.5, 0.6) is 0 Å². The van der Waals surface area contributed by atoms with Gasteiger partial charge in [0.2, 0.25) is 0 Å². The molecule has 0 aromatic heterocycles. The molecular weight excluding hydrogens is 268 g/mol. The SMILES string of the molecule is CC1CC(C)(OOC(C)(C)C)CC(C)C1OOC(C)(C)C. The highest BCUT2D eigenvalue weighted by Gasteiger charge is 2.44. The minimum Gasteiger partial charge on any atom is -0.232 e. The van der Waals surface area contributed by atoms with Crippen LogP contribution in [0.25, 0.3) is 0 Å². The molecule has 0 aromatic rings. The summed E-state index contributed by atoms with van der Waals surface area (Å²) >= 11 is 0. The van der Waals surface area contributed by atoms with Gasteiger partial charge in [-0.2, -0.15) is 0 Å². The van der Waals surface area contributed by atoms with E-state index in [0.717, 1.165) is 12.8 Å². The normalized spacial score (nSPS) is 35.0. The van der Waals surface area contributed by atoms with Crippen molar-refractivity contribution in [3.05, 3.63) is 0 Å². The first-order chi connectivity index (χ1) is 9.31. The molecule has 0 spiro atoms. The van der Waals surface area contributed by atoms with Crippen molar-refractivity contribution in [1.29, 1.82) is 0 Å². The smallest absolute Gasteiger partial charge is 0.101 e. The summed E-state index contributed by atoms with van der Waals surface area (Å²) in [6.45, 7) is 18.5. The zero-order valence-electron chi connectivity index (χ0n) is 15.3. The first kappa shape index (κ1) is 18.9. The van der Waals surface area contributed by atoms with Gasteiger partial charge in [0.05, 0.1) is 17.3 Å². The molecule has 4 heteroatoms. The summed E-state index contributed by atoms with van der Waals surface area (Å²) in [7, 11) is 0. The van der Waals surface area contributed by atoms with Crippen molar-refractivity contribution in [3.63, 3.8) is 0 Å². The lowest BCUT2D eigenvalue weighted by atomic mass is 9.73. The molecular formula is C17H34O4. The van der Waals surface area contributed by atoms with Gasteiger partial charge in [0, 0.05) is 0 Å². The van der Waals surface area contributed by atoms with E-state index in [1.54, 1.807) is 0 Å². The Balaban J connectivity index is 2.60. The van der Waals surface area contributed by atoms with E-state index < -0.39 is 0 Å². The molecule has 0 aliphatic heterocycles. The van der Waals surface area contributed by atoms with Crippen LogP contribution >= 0.6 is 0 Å². The van der Waals surface area contributed by atoms with Gasteiger partial charge < -0.3 is 0 Å². The molecule has 0 N–H and O–H groups in total. The molecule has 21 heavy (non-hydrogen) atoms. The zero-order chi connectivity index (χ0) is 16.5. The Morgan fingerprint density at radius 1 is 0.810 bits per heavy atom. The Labute approximate surface area is 130 Å². The van der Waals surface area contributed by atoms with Gasteiger partial charge in [-0.1, -0.05) is 13.8 Å². The standard InChI is InChI=1S/C17H34O4/c1-12-10-17(9,21-20-16(6,7)8)11-13(2)14(12)18-19-15(3,4)5/h12-14H,10-11H2,1-9H3. The van der Waals surface area contributed by atoms with E-state index in [4.69, 9.17) is 19.6 Å². The Hall–Kier alpha value is -0.160. The third-order valence-corrected chi connectivity index (χ3v) is 3.53. The van der Waals surface area contributed by atoms with Crippen LogP contribution in [0, 0.1) is 11.8 Å². The minimum atomic E-state index is -0.293. The van der Waals surface area contributed by atoms with E-state index in [9.17, 15) is 0 Å². The molecule has 126 valence electrons. The third-order valence-electron chi connectivity index (χ3n) is 3.53. The van der Waals surface area contributed by atoms with Crippen LogP contribution in [0.1, 0.15) is 75.2 Å². The fraction of sp³-hybridized carbons (Fsp3) is 1.00. The van der Waals surface area contributed by atoms with Gasteiger partial charge in [-0.25, -0.2) is 19.6 Å². The summed E-state index contributed by atoms with van der Waals surface area (Å²) in [5, 5.41) is 0. The average molecular weight is 302 g/mol. The Bertz CT molecular complexity index is 315. The lowest BCUT2D eigenvalue weighted by molar-refractivity contribution is -0.426. The maximum atomic E-state index is 5.77. The van der Waals surface area contributed by atoms with E-state index in [1.807, 2.05) is 41.5 Å². The average Bonchev–Trinajstić information content (AvgIpc) is 2.22. The van der Waals surface area contributed by atoms with Gasteiger partial charge in [0.15, 0.2) is 0 Å². The van der Waals surface area contributed by atoms with E-state index in [-0.39, 0.29) is 22.9 Å². The van der Waals surface area contributed by atoms with E-state index >= 15 is 0 Å². The van der Waals surface area contributed by atoms with Crippen LogP contribution in [0.2, 0.25) is 0 Å². The quantitative estimate of drug-likeness (QED) is 0.558. The van der Waals surface area contributed by atoms with E-state index in [0.29, 0.717) is 11.8 Å². The summed E-state index contributed by atoms with van der Waals surface area (Å²) in [4.78, 5) is 22.6. The second kappa shape index (κ2) is 6.53. The molecule has 0 saturated heterocycles. The molecule has 0 bridgehead atoms. The van der Waals surface area contributed by atoms with Crippen LogP contribution in [0.15, 0.2) is 0 Å². The highest BCUT2D eigenvalue weighted by molar-refractivity contribution is 4.90. The molecule has 0 amide bonds. The summed E-state index contributed by atoms with van der Waals surface area (Å²) < 4.78 is 0. The molecule has 0 heterocycles. The Morgan fingerprint density at radius 2 is 1.24 bits per heavy atom. The van der Waals surface area contributed by atoms with E-state index in [1.165, 1.54) is 0 Å². The van der Waals surface area contributed by atoms with Crippen molar-refractivity contribution in [2.45, 2.75) is 98.1 Å². The summed E-state index contributed by atoms with van der Waals surface area (Å²) in [6, 6.07) is 0. The van der Waals surface area contributed by atoms with Crippen molar-refractivity contribution in [2.75, 3.05) is 0 Å². The van der Waals surface area contributed by atoms with E-state index in [2.05, 4.69) is 20.8 Å². The van der Waals surface area contributed by atoms with Gasteiger partial charge >= 0.3 is 0 Å². The molecule has 1 aliphatic rings. The second-order valence-corrected chi connectivity index (χ2v) is 8.85. The number of hydrogen-bond donors (Lipinski definition) is 0. The van der Waals surface area contributed by atoms with Gasteiger partial charge in [0.25, 0.3) is 0 Å². The van der Waals surface area contributed by atoms with Crippen molar-refractivity contribution >= 4 is 0 Å². The van der Waals surface area contributed by atoms with Crippen LogP contribution in [-0.2, 0) is 19.6 Å². The largest absolute Gasteiger partial charge is 0.232 e. The molecule has 1 fully saturated rings. The predicted molar refractivity (Wildman–Crippen MR) is 83.6 cm³/mol. The van der Waals surface area contributed by atoms with Crippen LogP contribution < -0.4 is 0 Å². The Kier molecular flexibility index (Phi) is 5.87. The highest BCUT2D eigenvalue weighted by atomic mass is 17.2. The molecule has 1 aliphatic carbocycles. The first-order valence-corrected chi connectivity index (χ1v) is 8.03. The third kappa shape index (κ3) is 6.64. The summed E-state index contributed by atoms with van der Waals surface area (Å²) in [6.07, 6.45) is 1.88. The predicted octanol–water partition coefficient (Wildman–Crippen LogP) is 4.67. The molecule has 1 saturated carbocycles.